The maximum Gasteiger partial charge on any atom is 0.233 e. The molecule has 3 aromatic rings. The molecule has 31 heavy (non-hydrogen) atoms. The van der Waals surface area contributed by atoms with Gasteiger partial charge >= 0.3 is 0 Å². The molecule has 0 spiro atoms. The smallest absolute Gasteiger partial charge is 0.233 e. The number of methoxy groups -OCH3 is 1. The van der Waals surface area contributed by atoms with Crippen molar-refractivity contribution < 1.29 is 9.53 Å². The molecule has 7 nitrogen and oxygen atoms in total. The third-order valence-electron chi connectivity index (χ3n) is 5.10. The average molecular weight is 456 g/mol. The van der Waals surface area contributed by atoms with E-state index in [2.05, 4.69) is 39.5 Å². The second-order valence-electron chi connectivity index (χ2n) is 7.22. The highest BCUT2D eigenvalue weighted by atomic mass is 32.2. The Hall–Kier alpha value is -2.78. The van der Waals surface area contributed by atoms with Crippen LogP contribution >= 0.6 is 23.1 Å². The van der Waals surface area contributed by atoms with Crippen LogP contribution in [0.3, 0.4) is 0 Å². The Labute approximate surface area is 190 Å². The lowest BCUT2D eigenvalue weighted by molar-refractivity contribution is -0.128. The highest BCUT2D eigenvalue weighted by Crippen LogP contribution is 2.28. The number of amides is 1. The topological polar surface area (TPSA) is 70.6 Å². The molecule has 1 aliphatic heterocycles. The Morgan fingerprint density at radius 3 is 2.45 bits per heavy atom. The van der Waals surface area contributed by atoms with Gasteiger partial charge in [-0.25, -0.2) is 0 Å². The number of rotatable bonds is 7. The van der Waals surface area contributed by atoms with E-state index in [9.17, 15) is 4.79 Å². The van der Waals surface area contributed by atoms with Gasteiger partial charge in [0.2, 0.25) is 11.0 Å². The van der Waals surface area contributed by atoms with Crippen LogP contribution in [0.25, 0.3) is 0 Å². The zero-order valence-corrected chi connectivity index (χ0v) is 19.2. The van der Waals surface area contributed by atoms with Crippen molar-refractivity contribution in [2.75, 3.05) is 49.3 Å². The summed E-state index contributed by atoms with van der Waals surface area (Å²) in [6.45, 7) is 5.15. The molecule has 1 saturated heterocycles. The third kappa shape index (κ3) is 5.68. The Morgan fingerprint density at radius 1 is 1.06 bits per heavy atom. The maximum atomic E-state index is 12.6. The standard InChI is InChI=1S/C22H25N5O2S2/c1-16-3-5-17(6-4-16)23-21-24-25-22(31-21)30-15-20(28)27-13-11-26(12-14-27)18-7-9-19(29-2)10-8-18/h3-10H,11-15H2,1-2H3,(H,23,24). The van der Waals surface area contributed by atoms with Crippen LogP contribution in [-0.2, 0) is 4.79 Å². The van der Waals surface area contributed by atoms with Crippen molar-refractivity contribution in [2.24, 2.45) is 0 Å². The number of anilines is 3. The van der Waals surface area contributed by atoms with E-state index >= 15 is 0 Å². The summed E-state index contributed by atoms with van der Waals surface area (Å²) in [6.07, 6.45) is 0. The van der Waals surface area contributed by atoms with E-state index in [1.54, 1.807) is 7.11 Å². The fourth-order valence-electron chi connectivity index (χ4n) is 3.30. The van der Waals surface area contributed by atoms with Crippen molar-refractivity contribution >= 4 is 45.5 Å². The van der Waals surface area contributed by atoms with E-state index < -0.39 is 0 Å². The van der Waals surface area contributed by atoms with Gasteiger partial charge < -0.3 is 19.9 Å². The van der Waals surface area contributed by atoms with Crippen LogP contribution < -0.4 is 15.0 Å². The molecular weight excluding hydrogens is 430 g/mol. The summed E-state index contributed by atoms with van der Waals surface area (Å²) in [5.41, 5.74) is 3.34. The van der Waals surface area contributed by atoms with E-state index in [4.69, 9.17) is 4.74 Å². The molecule has 1 aliphatic rings. The SMILES string of the molecule is COc1ccc(N2CCN(C(=O)CSc3nnc(Nc4ccc(C)cc4)s3)CC2)cc1. The van der Waals surface area contributed by atoms with Gasteiger partial charge in [0, 0.05) is 37.6 Å². The molecule has 0 atom stereocenters. The monoisotopic (exact) mass is 455 g/mol. The summed E-state index contributed by atoms with van der Waals surface area (Å²) >= 11 is 2.91. The highest BCUT2D eigenvalue weighted by Gasteiger charge is 2.22. The second kappa shape index (κ2) is 10.0. The molecule has 1 N–H and O–H groups in total. The minimum atomic E-state index is 0.141. The van der Waals surface area contributed by atoms with Crippen LogP contribution in [0.4, 0.5) is 16.5 Å². The van der Waals surface area contributed by atoms with Gasteiger partial charge in [-0.3, -0.25) is 4.79 Å². The molecule has 0 radical (unpaired) electrons. The van der Waals surface area contributed by atoms with E-state index in [0.29, 0.717) is 5.75 Å². The quantitative estimate of drug-likeness (QED) is 0.539. The number of nitrogens with one attached hydrogen (secondary N) is 1. The van der Waals surface area contributed by atoms with Gasteiger partial charge in [-0.15, -0.1) is 10.2 Å². The normalized spacial score (nSPS) is 13.9. The summed E-state index contributed by atoms with van der Waals surface area (Å²) in [5.74, 6) is 1.37. The molecule has 9 heteroatoms. The first-order valence-electron chi connectivity index (χ1n) is 10.1. The molecule has 0 bridgehead atoms. The number of hydrogen-bond donors (Lipinski definition) is 1. The first-order valence-corrected chi connectivity index (χ1v) is 11.9. The molecule has 1 aromatic heterocycles. The van der Waals surface area contributed by atoms with E-state index in [1.165, 1.54) is 28.7 Å². The van der Waals surface area contributed by atoms with Crippen LogP contribution in [0.2, 0.25) is 0 Å². The number of aromatic nitrogens is 2. The fourth-order valence-corrected chi connectivity index (χ4v) is 4.98. The summed E-state index contributed by atoms with van der Waals surface area (Å²) in [5, 5.41) is 12.4. The molecule has 4 rings (SSSR count). The average Bonchev–Trinajstić information content (AvgIpc) is 3.26. The minimum absolute atomic E-state index is 0.141. The Balaban J connectivity index is 1.23. The lowest BCUT2D eigenvalue weighted by atomic mass is 10.2. The number of aryl methyl sites for hydroxylation is 1. The summed E-state index contributed by atoms with van der Waals surface area (Å²) in [4.78, 5) is 16.9. The lowest BCUT2D eigenvalue weighted by Crippen LogP contribution is -2.49. The number of ether oxygens (including phenoxy) is 1. The summed E-state index contributed by atoms with van der Waals surface area (Å²) < 4.78 is 6.01. The van der Waals surface area contributed by atoms with Gasteiger partial charge in [0.1, 0.15) is 5.75 Å². The number of benzene rings is 2. The second-order valence-corrected chi connectivity index (χ2v) is 9.42. The van der Waals surface area contributed by atoms with E-state index in [1.807, 2.05) is 41.3 Å². The van der Waals surface area contributed by atoms with Crippen LogP contribution in [-0.4, -0.2) is 60.0 Å². The number of carbonyl (C=O) groups is 1. The molecule has 2 aromatic carbocycles. The molecule has 1 amide bonds. The Kier molecular flexibility index (Phi) is 6.93. The van der Waals surface area contributed by atoms with Crippen molar-refractivity contribution in [3.63, 3.8) is 0 Å². The maximum absolute atomic E-state index is 12.6. The largest absolute Gasteiger partial charge is 0.497 e. The number of piperazine rings is 1. The lowest BCUT2D eigenvalue weighted by Gasteiger charge is -2.36. The van der Waals surface area contributed by atoms with Gasteiger partial charge in [0.25, 0.3) is 0 Å². The van der Waals surface area contributed by atoms with E-state index in [-0.39, 0.29) is 5.91 Å². The van der Waals surface area contributed by atoms with Crippen LogP contribution in [0.15, 0.2) is 52.9 Å². The molecule has 162 valence electrons. The summed E-state index contributed by atoms with van der Waals surface area (Å²) in [6, 6.07) is 16.2. The fraction of sp³-hybridized carbons (Fsp3) is 0.318. The van der Waals surface area contributed by atoms with E-state index in [0.717, 1.165) is 52.8 Å². The van der Waals surface area contributed by atoms with Gasteiger partial charge in [-0.2, -0.15) is 0 Å². The predicted molar refractivity (Wildman–Crippen MR) is 127 cm³/mol. The zero-order valence-electron chi connectivity index (χ0n) is 17.6. The van der Waals surface area contributed by atoms with Crippen molar-refractivity contribution in [3.05, 3.63) is 54.1 Å². The molecular formula is C22H25N5O2S2. The molecule has 1 fully saturated rings. The van der Waals surface area contributed by atoms with Crippen LogP contribution in [0.1, 0.15) is 5.56 Å². The third-order valence-corrected chi connectivity index (χ3v) is 7.06. The van der Waals surface area contributed by atoms with Crippen molar-refractivity contribution in [2.45, 2.75) is 11.3 Å². The number of nitrogens with zero attached hydrogens (tertiary/aromatic N) is 4. The van der Waals surface area contributed by atoms with Gasteiger partial charge in [0.15, 0.2) is 4.34 Å². The van der Waals surface area contributed by atoms with Crippen LogP contribution in [0.5, 0.6) is 5.75 Å². The number of carbonyl (C=O) groups excluding carboxylic acids is 1. The first kappa shape index (κ1) is 21.5. The number of thioether (sulfide) groups is 1. The van der Waals surface area contributed by atoms with Gasteiger partial charge in [-0.05, 0) is 43.3 Å². The van der Waals surface area contributed by atoms with Crippen LogP contribution in [0, 0.1) is 6.92 Å². The highest BCUT2D eigenvalue weighted by molar-refractivity contribution is 8.01. The van der Waals surface area contributed by atoms with Crippen molar-refractivity contribution in [3.8, 4) is 5.75 Å². The molecule has 2 heterocycles. The number of hydrogen-bond acceptors (Lipinski definition) is 8. The van der Waals surface area contributed by atoms with Gasteiger partial charge in [0.05, 0.1) is 12.9 Å². The molecule has 0 unspecified atom stereocenters. The zero-order chi connectivity index (χ0) is 21.6. The molecule has 0 saturated carbocycles. The van der Waals surface area contributed by atoms with Crippen molar-refractivity contribution in [1.82, 2.24) is 15.1 Å². The summed E-state index contributed by atoms with van der Waals surface area (Å²) in [7, 11) is 1.67. The molecule has 0 aliphatic carbocycles. The van der Waals surface area contributed by atoms with Crippen molar-refractivity contribution in [1.29, 1.82) is 0 Å². The minimum Gasteiger partial charge on any atom is -0.497 e. The van der Waals surface area contributed by atoms with Gasteiger partial charge in [-0.1, -0.05) is 40.8 Å². The first-order chi connectivity index (χ1) is 15.1. The Bertz CT molecular complexity index is 1000. The predicted octanol–water partition coefficient (Wildman–Crippen LogP) is 4.04. The Morgan fingerprint density at radius 2 is 1.77 bits per heavy atom.